The molecule has 3 saturated heterocycles. The number of alkyl halides is 3. The Bertz CT molecular complexity index is 1910. The van der Waals surface area contributed by atoms with E-state index in [0.29, 0.717) is 25.8 Å². The molecule has 2 aromatic heterocycles. The maximum Gasteiger partial charge on any atom is 0.417 e. The zero-order valence-corrected chi connectivity index (χ0v) is 28.8. The molecule has 5 atom stereocenters. The summed E-state index contributed by atoms with van der Waals surface area (Å²) >= 11 is 0. The third kappa shape index (κ3) is 5.32. The van der Waals surface area contributed by atoms with E-state index in [-0.39, 0.29) is 41.1 Å². The predicted octanol–water partition coefficient (Wildman–Crippen LogP) is 5.97. The summed E-state index contributed by atoms with van der Waals surface area (Å²) in [6.45, 7) is 12.0. The van der Waals surface area contributed by atoms with E-state index in [9.17, 15) is 27.5 Å². The van der Waals surface area contributed by atoms with E-state index in [0.717, 1.165) is 13.0 Å². The van der Waals surface area contributed by atoms with Gasteiger partial charge in [-0.1, -0.05) is 0 Å². The van der Waals surface area contributed by atoms with Crippen LogP contribution in [0.15, 0.2) is 6.07 Å². The van der Waals surface area contributed by atoms with Crippen molar-refractivity contribution in [3.63, 3.8) is 0 Å². The molecule has 2 bridgehead atoms. The number of fused-ring (bicyclic) bond motifs is 5. The van der Waals surface area contributed by atoms with Gasteiger partial charge in [0.15, 0.2) is 5.82 Å². The van der Waals surface area contributed by atoms with E-state index in [1.807, 2.05) is 4.90 Å². The van der Waals surface area contributed by atoms with Crippen molar-refractivity contribution in [3.8, 4) is 17.1 Å². The second-order valence-electron chi connectivity index (χ2n) is 15.3. The van der Waals surface area contributed by atoms with Gasteiger partial charge in [-0.2, -0.15) is 18.2 Å². The molecule has 16 heteroatoms. The van der Waals surface area contributed by atoms with Gasteiger partial charge in [-0.3, -0.25) is 4.90 Å². The highest BCUT2D eigenvalue weighted by atomic mass is 19.4. The van der Waals surface area contributed by atoms with Crippen LogP contribution in [0.5, 0.6) is 5.88 Å². The largest absolute Gasteiger partial charge is 0.472 e. The molecule has 4 aliphatic heterocycles. The molecule has 50 heavy (non-hydrogen) atoms. The molecule has 3 aromatic rings. The van der Waals surface area contributed by atoms with Crippen molar-refractivity contribution in [2.75, 3.05) is 28.6 Å². The van der Waals surface area contributed by atoms with Crippen LogP contribution in [0.2, 0.25) is 0 Å². The topological polar surface area (TPSA) is 130 Å². The molecule has 1 unspecified atom stereocenters. The van der Waals surface area contributed by atoms with Crippen molar-refractivity contribution in [1.29, 1.82) is 0 Å². The van der Waals surface area contributed by atoms with Crippen LogP contribution in [-0.2, 0) is 10.9 Å². The second-order valence-corrected chi connectivity index (χ2v) is 15.3. The second kappa shape index (κ2) is 11.1. The van der Waals surface area contributed by atoms with Gasteiger partial charge in [-0.15, -0.1) is 0 Å². The first kappa shape index (κ1) is 34.2. The van der Waals surface area contributed by atoms with Crippen LogP contribution >= 0.6 is 0 Å². The first-order valence-corrected chi connectivity index (χ1v) is 16.7. The highest BCUT2D eigenvalue weighted by molar-refractivity contribution is 5.98. The number of halogens is 5. The Morgan fingerprint density at radius 3 is 2.34 bits per heavy atom. The summed E-state index contributed by atoms with van der Waals surface area (Å²) in [5.74, 6) is -2.37. The Morgan fingerprint density at radius 2 is 1.74 bits per heavy atom. The summed E-state index contributed by atoms with van der Waals surface area (Å²) < 4.78 is 87.5. The quantitative estimate of drug-likeness (QED) is 0.249. The zero-order chi connectivity index (χ0) is 36.4. The monoisotopic (exact) mass is 705 g/mol. The van der Waals surface area contributed by atoms with Gasteiger partial charge in [0.2, 0.25) is 11.8 Å². The van der Waals surface area contributed by atoms with Crippen LogP contribution in [0.4, 0.5) is 44.2 Å². The lowest BCUT2D eigenvalue weighted by molar-refractivity contribution is -0.137. The highest BCUT2D eigenvalue weighted by Gasteiger charge is 2.54. The van der Waals surface area contributed by atoms with Crippen molar-refractivity contribution >= 4 is 34.4 Å². The Kier molecular flexibility index (Phi) is 7.63. The molecule has 1 aromatic carbocycles. The summed E-state index contributed by atoms with van der Waals surface area (Å²) in [7, 11) is 0. The summed E-state index contributed by atoms with van der Waals surface area (Å²) in [6, 6.07) is -0.930. The number of aliphatic hydroxyl groups is 1. The van der Waals surface area contributed by atoms with Crippen molar-refractivity contribution < 1.29 is 41.3 Å². The number of carbonyl (C=O) groups excluding carboxylic acids is 1. The molecule has 7 rings (SSSR count). The number of hydrogen-bond acceptors (Lipinski definition) is 10. The van der Waals surface area contributed by atoms with Gasteiger partial charge in [0.25, 0.3) is 0 Å². The van der Waals surface area contributed by atoms with Crippen LogP contribution in [-0.4, -0.2) is 85.6 Å². The molecule has 270 valence electrons. The summed E-state index contributed by atoms with van der Waals surface area (Å²) in [6.07, 6.45) is -4.42. The minimum Gasteiger partial charge on any atom is -0.472 e. The van der Waals surface area contributed by atoms with Crippen LogP contribution in [0.3, 0.4) is 0 Å². The molecule has 0 spiro atoms. The normalized spacial score (nSPS) is 24.9. The van der Waals surface area contributed by atoms with Crippen LogP contribution in [0.25, 0.3) is 22.2 Å². The molecule has 0 radical (unpaired) electrons. The number of benzene rings is 1. The van der Waals surface area contributed by atoms with E-state index in [1.165, 1.54) is 0 Å². The number of amides is 1. The summed E-state index contributed by atoms with van der Waals surface area (Å²) in [5.41, 5.74) is -0.855. The number of nitrogens with zero attached hydrogens (tertiary/aromatic N) is 6. The van der Waals surface area contributed by atoms with E-state index in [2.05, 4.69) is 9.97 Å². The number of anilines is 3. The predicted molar refractivity (Wildman–Crippen MR) is 175 cm³/mol. The zero-order valence-electron chi connectivity index (χ0n) is 28.8. The standard InChI is InChI=1S/C34H40F5N7O4/c1-14-22(34(37,38)39)17(12-18(40)23(14)35)25-24(36)26-21-28(43-30(42-26)44-11-10-20(44)33(6,7)48)45-13-16-8-9-19(27(45)15(2)49-29(21)41-25)46(16)31(47)50-32(3,4)5/h12,15-16,19-20,27,48H,8-11,13,40H2,1-7H3/t15-,16+,19-,20?,27+/m0/s1. The van der Waals surface area contributed by atoms with Crippen molar-refractivity contribution in [2.45, 2.75) is 115 Å². The highest BCUT2D eigenvalue weighted by Crippen LogP contribution is 2.49. The molecule has 3 N–H and O–H groups in total. The number of hydrogen-bond donors (Lipinski definition) is 2. The Balaban J connectivity index is 1.47. The van der Waals surface area contributed by atoms with Crippen molar-refractivity contribution in [2.24, 2.45) is 0 Å². The molecule has 1 amide bonds. The minimum atomic E-state index is -5.09. The Labute approximate surface area is 285 Å². The summed E-state index contributed by atoms with van der Waals surface area (Å²) in [4.78, 5) is 32.7. The number of aromatic nitrogens is 3. The lowest BCUT2D eigenvalue weighted by atomic mass is 9.88. The van der Waals surface area contributed by atoms with Gasteiger partial charge in [-0.25, -0.2) is 23.5 Å². The van der Waals surface area contributed by atoms with Gasteiger partial charge in [-0.05, 0) is 79.4 Å². The van der Waals surface area contributed by atoms with E-state index in [1.54, 1.807) is 51.3 Å². The van der Waals surface area contributed by atoms with Crippen molar-refractivity contribution in [1.82, 2.24) is 19.9 Å². The maximum absolute atomic E-state index is 17.0. The minimum absolute atomic E-state index is 0.0511. The SMILES string of the molecule is Cc1c(F)c(N)cc(-c2nc3c4c(nc(N5CCC5C(C)(C)O)nc4c2F)N2C[C@H]4CC[C@@H]([C@H]2[C@H](C)O3)N4C(=O)OC(C)(C)C)c1C(F)(F)F. The van der Waals surface area contributed by atoms with Gasteiger partial charge in [0.05, 0.1) is 41.0 Å². The number of piperazine rings is 1. The van der Waals surface area contributed by atoms with Crippen molar-refractivity contribution in [3.05, 3.63) is 28.8 Å². The number of rotatable bonds is 3. The summed E-state index contributed by atoms with van der Waals surface area (Å²) in [5, 5.41) is 10.9. The fraction of sp³-hybridized carbons (Fsp3) is 0.588. The molecular weight excluding hydrogens is 665 g/mol. The Morgan fingerprint density at radius 1 is 1.04 bits per heavy atom. The van der Waals surface area contributed by atoms with Crippen LogP contribution in [0, 0.1) is 18.6 Å². The molecule has 4 aliphatic rings. The van der Waals surface area contributed by atoms with Gasteiger partial charge in [0, 0.05) is 18.7 Å². The van der Waals surface area contributed by atoms with Crippen LogP contribution in [0.1, 0.15) is 71.9 Å². The molecule has 6 heterocycles. The molecule has 3 fully saturated rings. The number of nitrogen functional groups attached to an aromatic ring is 1. The van der Waals surface area contributed by atoms with Crippen LogP contribution < -0.4 is 20.3 Å². The fourth-order valence-corrected chi connectivity index (χ4v) is 8.07. The molecule has 0 saturated carbocycles. The third-order valence-corrected chi connectivity index (χ3v) is 10.2. The fourth-order valence-electron chi connectivity index (χ4n) is 8.07. The number of ether oxygens (including phenoxy) is 2. The first-order chi connectivity index (χ1) is 23.2. The average Bonchev–Trinajstić information content (AvgIpc) is 3.20. The number of nitrogens with two attached hydrogens (primary N) is 1. The van der Waals surface area contributed by atoms with E-state index < -0.39 is 87.4 Å². The third-order valence-electron chi connectivity index (χ3n) is 10.2. The van der Waals surface area contributed by atoms with Gasteiger partial charge < -0.3 is 30.1 Å². The van der Waals surface area contributed by atoms with E-state index in [4.69, 9.17) is 20.2 Å². The average molecular weight is 706 g/mol. The number of pyridine rings is 1. The molecule has 0 aliphatic carbocycles. The first-order valence-electron chi connectivity index (χ1n) is 16.7. The lowest BCUT2D eigenvalue weighted by Crippen LogP contribution is -2.65. The smallest absolute Gasteiger partial charge is 0.417 e. The Hall–Kier alpha value is -4.21. The van der Waals surface area contributed by atoms with Gasteiger partial charge in [0.1, 0.15) is 39.9 Å². The van der Waals surface area contributed by atoms with Gasteiger partial charge >= 0.3 is 12.3 Å². The lowest BCUT2D eigenvalue weighted by Gasteiger charge is -2.49. The van der Waals surface area contributed by atoms with E-state index >= 15 is 4.39 Å². The molecule has 11 nitrogen and oxygen atoms in total. The number of carbonyl (C=O) groups is 1. The maximum atomic E-state index is 17.0. The molecular formula is C34H40F5N7O4.